The molecule has 0 bridgehead atoms. The molecule has 0 radical (unpaired) electrons. The Morgan fingerprint density at radius 1 is 1.33 bits per heavy atom. The molecule has 0 saturated carbocycles. The summed E-state index contributed by atoms with van der Waals surface area (Å²) in [5.41, 5.74) is 0.918. The van der Waals surface area contributed by atoms with E-state index in [1.165, 1.54) is 0 Å². The van der Waals surface area contributed by atoms with E-state index in [1.807, 2.05) is 49.2 Å². The van der Waals surface area contributed by atoms with Crippen LogP contribution in [0.4, 0.5) is 0 Å². The second-order valence-corrected chi connectivity index (χ2v) is 5.05. The van der Waals surface area contributed by atoms with E-state index in [-0.39, 0.29) is 6.04 Å². The second kappa shape index (κ2) is 7.31. The molecule has 0 spiro atoms. The zero-order chi connectivity index (χ0) is 15.2. The minimum absolute atomic E-state index is 0.0820. The molecule has 2 atom stereocenters. The van der Waals surface area contributed by atoms with Crippen LogP contribution in [0.3, 0.4) is 0 Å². The van der Waals surface area contributed by atoms with Crippen LogP contribution < -0.4 is 0 Å². The normalized spacial score (nSPS) is 14.3. The molecule has 2 aromatic rings. The summed E-state index contributed by atoms with van der Waals surface area (Å²) in [5, 5.41) is 13.8. The van der Waals surface area contributed by atoms with Crippen LogP contribution in [-0.2, 0) is 4.74 Å². The van der Waals surface area contributed by atoms with E-state index in [2.05, 4.69) is 10.1 Å². The number of hydrogen-bond donors (Lipinski definition) is 1. The highest BCUT2D eigenvalue weighted by molar-refractivity contribution is 5.53. The quantitative estimate of drug-likeness (QED) is 0.837. The van der Waals surface area contributed by atoms with E-state index in [4.69, 9.17) is 9.26 Å². The average Bonchev–Trinajstić information content (AvgIpc) is 2.97. The smallest absolute Gasteiger partial charge is 0.244 e. The van der Waals surface area contributed by atoms with Crippen molar-refractivity contribution in [2.24, 2.45) is 0 Å². The number of methoxy groups -OCH3 is 1. The molecule has 1 aromatic carbocycles. The van der Waals surface area contributed by atoms with Crippen molar-refractivity contribution < 1.29 is 14.4 Å². The van der Waals surface area contributed by atoms with Gasteiger partial charge in [-0.2, -0.15) is 4.98 Å². The molecule has 0 saturated heterocycles. The zero-order valence-corrected chi connectivity index (χ0v) is 12.6. The first kappa shape index (κ1) is 15.6. The lowest BCUT2D eigenvalue weighted by Gasteiger charge is -2.23. The monoisotopic (exact) mass is 291 g/mol. The van der Waals surface area contributed by atoms with Gasteiger partial charge in [0.15, 0.2) is 0 Å². The molecule has 114 valence electrons. The van der Waals surface area contributed by atoms with Crippen molar-refractivity contribution in [3.8, 4) is 11.4 Å². The minimum atomic E-state index is -0.543. The summed E-state index contributed by atoms with van der Waals surface area (Å²) in [6.45, 7) is 2.73. The maximum absolute atomic E-state index is 9.77. The Bertz CT molecular complexity index is 544. The molecular weight excluding hydrogens is 270 g/mol. The Labute approximate surface area is 124 Å². The lowest BCUT2D eigenvalue weighted by molar-refractivity contribution is 0.0325. The number of ether oxygens (including phenoxy) is 1. The van der Waals surface area contributed by atoms with Gasteiger partial charge in [-0.05, 0) is 14.0 Å². The second-order valence-electron chi connectivity index (χ2n) is 5.05. The van der Waals surface area contributed by atoms with Crippen molar-refractivity contribution in [3.63, 3.8) is 0 Å². The molecule has 1 heterocycles. The fourth-order valence-corrected chi connectivity index (χ4v) is 2.03. The first-order valence-electron chi connectivity index (χ1n) is 6.88. The van der Waals surface area contributed by atoms with E-state index in [0.717, 1.165) is 5.56 Å². The van der Waals surface area contributed by atoms with Crippen molar-refractivity contribution in [3.05, 3.63) is 36.2 Å². The van der Waals surface area contributed by atoms with Crippen molar-refractivity contribution in [2.45, 2.75) is 19.1 Å². The number of benzene rings is 1. The summed E-state index contributed by atoms with van der Waals surface area (Å²) in [7, 11) is 3.47. The van der Waals surface area contributed by atoms with Gasteiger partial charge >= 0.3 is 0 Å². The summed E-state index contributed by atoms with van der Waals surface area (Å²) in [6.07, 6.45) is -0.543. The Kier molecular flexibility index (Phi) is 5.44. The number of rotatable bonds is 7. The summed E-state index contributed by atoms with van der Waals surface area (Å²) < 4.78 is 10.3. The number of aliphatic hydroxyl groups is 1. The number of aliphatic hydroxyl groups excluding tert-OH is 1. The molecule has 1 N–H and O–H groups in total. The molecular formula is C15H21N3O3. The highest BCUT2D eigenvalue weighted by Crippen LogP contribution is 2.21. The predicted molar refractivity (Wildman–Crippen MR) is 78.7 cm³/mol. The molecule has 2 rings (SSSR count). The lowest BCUT2D eigenvalue weighted by atomic mass is 10.2. The first-order valence-corrected chi connectivity index (χ1v) is 6.88. The molecule has 21 heavy (non-hydrogen) atoms. The molecule has 6 heteroatoms. The van der Waals surface area contributed by atoms with E-state index >= 15 is 0 Å². The molecule has 0 fully saturated rings. The van der Waals surface area contributed by atoms with Crippen LogP contribution in [0, 0.1) is 0 Å². The van der Waals surface area contributed by atoms with Crippen LogP contribution in [0.2, 0.25) is 0 Å². The molecule has 0 aliphatic heterocycles. The molecule has 1 aromatic heterocycles. The van der Waals surface area contributed by atoms with Gasteiger partial charge in [-0.15, -0.1) is 0 Å². The number of nitrogens with zero attached hydrogens (tertiary/aromatic N) is 3. The highest BCUT2D eigenvalue weighted by atomic mass is 16.5. The molecule has 6 nitrogen and oxygen atoms in total. The summed E-state index contributed by atoms with van der Waals surface area (Å²) in [6, 6.07) is 9.60. The lowest BCUT2D eigenvalue weighted by Crippen LogP contribution is -2.33. The van der Waals surface area contributed by atoms with Gasteiger partial charge in [0.2, 0.25) is 11.7 Å². The fourth-order valence-electron chi connectivity index (χ4n) is 2.03. The van der Waals surface area contributed by atoms with Gasteiger partial charge < -0.3 is 14.4 Å². The molecule has 0 amide bonds. The third kappa shape index (κ3) is 4.10. The van der Waals surface area contributed by atoms with Crippen molar-refractivity contribution in [2.75, 3.05) is 27.3 Å². The topological polar surface area (TPSA) is 71.6 Å². The third-order valence-electron chi connectivity index (χ3n) is 3.35. The summed E-state index contributed by atoms with van der Waals surface area (Å²) in [4.78, 5) is 6.37. The summed E-state index contributed by atoms with van der Waals surface area (Å²) >= 11 is 0. The van der Waals surface area contributed by atoms with Gasteiger partial charge in [0.1, 0.15) is 0 Å². The Balaban J connectivity index is 2.03. The van der Waals surface area contributed by atoms with Gasteiger partial charge in [0, 0.05) is 19.2 Å². The Morgan fingerprint density at radius 2 is 2.05 bits per heavy atom. The van der Waals surface area contributed by atoms with E-state index in [0.29, 0.717) is 24.9 Å². The van der Waals surface area contributed by atoms with Gasteiger partial charge in [0.05, 0.1) is 18.8 Å². The zero-order valence-electron chi connectivity index (χ0n) is 12.6. The van der Waals surface area contributed by atoms with Crippen LogP contribution in [0.5, 0.6) is 0 Å². The van der Waals surface area contributed by atoms with E-state index < -0.39 is 6.10 Å². The van der Waals surface area contributed by atoms with Gasteiger partial charge in [-0.3, -0.25) is 4.90 Å². The number of likely N-dealkylation sites (N-methyl/N-ethyl adjacent to an activating group) is 1. The van der Waals surface area contributed by atoms with E-state index in [1.54, 1.807) is 7.11 Å². The fraction of sp³-hybridized carbons (Fsp3) is 0.467. The van der Waals surface area contributed by atoms with Gasteiger partial charge in [-0.1, -0.05) is 35.5 Å². The van der Waals surface area contributed by atoms with Crippen LogP contribution in [-0.4, -0.2) is 53.6 Å². The number of hydrogen-bond acceptors (Lipinski definition) is 6. The van der Waals surface area contributed by atoms with Crippen molar-refractivity contribution in [1.29, 1.82) is 0 Å². The van der Waals surface area contributed by atoms with Crippen LogP contribution >= 0.6 is 0 Å². The average molecular weight is 291 g/mol. The number of aromatic nitrogens is 2. The molecule has 0 aliphatic carbocycles. The third-order valence-corrected chi connectivity index (χ3v) is 3.35. The van der Waals surface area contributed by atoms with Crippen LogP contribution in [0.25, 0.3) is 11.4 Å². The first-order chi connectivity index (χ1) is 10.1. The molecule has 2 unspecified atom stereocenters. The largest absolute Gasteiger partial charge is 0.389 e. The maximum atomic E-state index is 9.77. The van der Waals surface area contributed by atoms with Crippen molar-refractivity contribution in [1.82, 2.24) is 15.0 Å². The van der Waals surface area contributed by atoms with Crippen LogP contribution in [0.1, 0.15) is 18.9 Å². The predicted octanol–water partition coefficient (Wildman–Crippen LogP) is 1.74. The molecule has 0 aliphatic rings. The SMILES string of the molecule is COCC(O)CN(C)C(C)c1nc(-c2ccccc2)no1. The van der Waals surface area contributed by atoms with Crippen molar-refractivity contribution >= 4 is 0 Å². The van der Waals surface area contributed by atoms with Gasteiger partial charge in [0.25, 0.3) is 0 Å². The minimum Gasteiger partial charge on any atom is -0.389 e. The van der Waals surface area contributed by atoms with Crippen LogP contribution in [0.15, 0.2) is 34.9 Å². The highest BCUT2D eigenvalue weighted by Gasteiger charge is 2.21. The summed E-state index contributed by atoms with van der Waals surface area (Å²) in [5.74, 6) is 1.10. The standard InChI is InChI=1S/C15H21N3O3/c1-11(18(2)9-13(19)10-20-3)15-16-14(17-21-15)12-7-5-4-6-8-12/h4-8,11,13,19H,9-10H2,1-3H3. The van der Waals surface area contributed by atoms with E-state index in [9.17, 15) is 5.11 Å². The Hall–Kier alpha value is -1.76. The maximum Gasteiger partial charge on any atom is 0.244 e. The van der Waals surface area contributed by atoms with Gasteiger partial charge in [-0.25, -0.2) is 0 Å². The Morgan fingerprint density at radius 3 is 2.71 bits per heavy atom.